The van der Waals surface area contributed by atoms with E-state index in [0.717, 1.165) is 25.9 Å². The predicted molar refractivity (Wildman–Crippen MR) is 54.3 cm³/mol. The lowest BCUT2D eigenvalue weighted by atomic mass is 10.1. The van der Waals surface area contributed by atoms with Crippen LogP contribution in [0.4, 0.5) is 5.88 Å². The van der Waals surface area contributed by atoms with Gasteiger partial charge in [-0.15, -0.1) is 0 Å². The van der Waals surface area contributed by atoms with E-state index in [4.69, 9.17) is 9.52 Å². The van der Waals surface area contributed by atoms with E-state index in [-0.39, 0.29) is 5.69 Å². The van der Waals surface area contributed by atoms with Crippen molar-refractivity contribution >= 4 is 11.9 Å². The molecule has 0 aromatic carbocycles. The third-order valence-electron chi connectivity index (χ3n) is 2.56. The average Bonchev–Trinajstić information content (AvgIpc) is 2.62. The van der Waals surface area contributed by atoms with Crippen LogP contribution in [0.1, 0.15) is 35.6 Å². The van der Waals surface area contributed by atoms with Gasteiger partial charge in [-0.3, -0.25) is 0 Å². The van der Waals surface area contributed by atoms with Crippen molar-refractivity contribution in [2.24, 2.45) is 0 Å². The van der Waals surface area contributed by atoms with Crippen LogP contribution in [0.3, 0.4) is 0 Å². The Labute approximate surface area is 87.7 Å². The minimum absolute atomic E-state index is 0.0365. The fraction of sp³-hybridized carbons (Fsp3) is 0.600. The Morgan fingerprint density at radius 3 is 2.67 bits per heavy atom. The maximum Gasteiger partial charge on any atom is 0.360 e. The molecule has 0 bridgehead atoms. The van der Waals surface area contributed by atoms with Gasteiger partial charge in [-0.25, -0.2) is 9.78 Å². The van der Waals surface area contributed by atoms with Crippen LogP contribution in [-0.4, -0.2) is 29.1 Å². The number of carboxylic acids is 1. The number of carboxylic acid groups (broad SMARTS) is 1. The molecule has 0 aliphatic carbocycles. The van der Waals surface area contributed by atoms with E-state index in [1.807, 2.05) is 4.90 Å². The van der Waals surface area contributed by atoms with Crippen molar-refractivity contribution in [2.45, 2.75) is 26.2 Å². The molecule has 2 heterocycles. The quantitative estimate of drug-likeness (QED) is 0.804. The van der Waals surface area contributed by atoms with Crippen LogP contribution in [0.15, 0.2) is 4.42 Å². The zero-order chi connectivity index (χ0) is 10.8. The van der Waals surface area contributed by atoms with Gasteiger partial charge in [0.15, 0.2) is 5.89 Å². The van der Waals surface area contributed by atoms with Crippen molar-refractivity contribution in [1.82, 2.24) is 4.98 Å². The van der Waals surface area contributed by atoms with Gasteiger partial charge in [0.2, 0.25) is 11.6 Å². The minimum atomic E-state index is -1.02. The first kappa shape index (κ1) is 10.0. The minimum Gasteiger partial charge on any atom is -0.476 e. The summed E-state index contributed by atoms with van der Waals surface area (Å²) in [5.41, 5.74) is 0.0365. The van der Waals surface area contributed by atoms with Crippen molar-refractivity contribution in [3.63, 3.8) is 0 Å². The number of aromatic nitrogens is 1. The lowest BCUT2D eigenvalue weighted by Gasteiger charge is -2.26. The van der Waals surface area contributed by atoms with Crippen molar-refractivity contribution in [2.75, 3.05) is 18.0 Å². The van der Waals surface area contributed by atoms with Crippen molar-refractivity contribution in [3.05, 3.63) is 11.6 Å². The molecule has 0 atom stereocenters. The SMILES string of the molecule is Cc1nc(C(=O)O)c(N2CCCCC2)o1. The second kappa shape index (κ2) is 3.92. The van der Waals surface area contributed by atoms with Crippen LogP contribution in [0.25, 0.3) is 0 Å². The Hall–Kier alpha value is -1.52. The number of hydrogen-bond donors (Lipinski definition) is 1. The molecular formula is C10H14N2O3. The molecule has 0 amide bonds. The number of aryl methyl sites for hydroxylation is 1. The van der Waals surface area contributed by atoms with Gasteiger partial charge in [-0.2, -0.15) is 0 Å². The topological polar surface area (TPSA) is 66.6 Å². The van der Waals surface area contributed by atoms with Gasteiger partial charge in [0.05, 0.1) is 0 Å². The third kappa shape index (κ3) is 1.95. The van der Waals surface area contributed by atoms with E-state index in [1.165, 1.54) is 6.42 Å². The predicted octanol–water partition coefficient (Wildman–Crippen LogP) is 1.67. The van der Waals surface area contributed by atoms with E-state index >= 15 is 0 Å². The van der Waals surface area contributed by atoms with E-state index in [0.29, 0.717) is 11.8 Å². The highest BCUT2D eigenvalue weighted by molar-refractivity contribution is 5.90. The number of hydrogen-bond acceptors (Lipinski definition) is 4. The number of rotatable bonds is 2. The van der Waals surface area contributed by atoms with E-state index in [9.17, 15) is 4.79 Å². The second-order valence-corrected chi connectivity index (χ2v) is 3.74. The summed E-state index contributed by atoms with van der Waals surface area (Å²) in [4.78, 5) is 16.8. The van der Waals surface area contributed by atoms with Gasteiger partial charge < -0.3 is 14.4 Å². The lowest BCUT2D eigenvalue weighted by molar-refractivity contribution is 0.0691. The summed E-state index contributed by atoms with van der Waals surface area (Å²) in [6.45, 7) is 3.38. The molecule has 5 nitrogen and oxygen atoms in total. The van der Waals surface area contributed by atoms with E-state index in [1.54, 1.807) is 6.92 Å². The number of oxazole rings is 1. The fourth-order valence-corrected chi connectivity index (χ4v) is 1.87. The maximum absolute atomic E-state index is 10.9. The van der Waals surface area contributed by atoms with Crippen molar-refractivity contribution < 1.29 is 14.3 Å². The molecule has 1 aromatic rings. The molecule has 0 saturated carbocycles. The van der Waals surface area contributed by atoms with Gasteiger partial charge >= 0.3 is 5.97 Å². The first-order valence-corrected chi connectivity index (χ1v) is 5.14. The molecule has 1 N–H and O–H groups in total. The summed E-state index contributed by atoms with van der Waals surface area (Å²) in [5, 5.41) is 8.96. The first-order valence-electron chi connectivity index (χ1n) is 5.14. The molecule has 1 aliphatic heterocycles. The summed E-state index contributed by atoms with van der Waals surface area (Å²) >= 11 is 0. The highest BCUT2D eigenvalue weighted by Gasteiger charge is 2.24. The Bertz CT molecular complexity index is 367. The molecule has 0 radical (unpaired) electrons. The number of anilines is 1. The summed E-state index contributed by atoms with van der Waals surface area (Å²) in [5.74, 6) is -0.194. The lowest BCUT2D eigenvalue weighted by Crippen LogP contribution is -2.30. The first-order chi connectivity index (χ1) is 7.18. The Morgan fingerprint density at radius 2 is 2.07 bits per heavy atom. The zero-order valence-corrected chi connectivity index (χ0v) is 8.69. The van der Waals surface area contributed by atoms with Crippen LogP contribution in [0, 0.1) is 6.92 Å². The van der Waals surface area contributed by atoms with Gasteiger partial charge in [0.1, 0.15) is 0 Å². The summed E-state index contributed by atoms with van der Waals surface area (Å²) in [7, 11) is 0. The normalized spacial score (nSPS) is 16.7. The van der Waals surface area contributed by atoms with Crippen LogP contribution >= 0.6 is 0 Å². The Kier molecular flexibility index (Phi) is 2.62. The van der Waals surface area contributed by atoms with Crippen molar-refractivity contribution in [3.8, 4) is 0 Å². The van der Waals surface area contributed by atoms with E-state index < -0.39 is 5.97 Å². The third-order valence-corrected chi connectivity index (χ3v) is 2.56. The van der Waals surface area contributed by atoms with Gasteiger partial charge in [0.25, 0.3) is 0 Å². The highest BCUT2D eigenvalue weighted by Crippen LogP contribution is 2.25. The molecule has 0 spiro atoms. The van der Waals surface area contributed by atoms with Gasteiger partial charge in [-0.05, 0) is 19.3 Å². The molecule has 15 heavy (non-hydrogen) atoms. The molecule has 2 rings (SSSR count). The zero-order valence-electron chi connectivity index (χ0n) is 8.69. The van der Waals surface area contributed by atoms with Gasteiger partial charge in [-0.1, -0.05) is 0 Å². The van der Waals surface area contributed by atoms with Crippen molar-refractivity contribution in [1.29, 1.82) is 0 Å². The second-order valence-electron chi connectivity index (χ2n) is 3.74. The fourth-order valence-electron chi connectivity index (χ4n) is 1.87. The van der Waals surface area contributed by atoms with Gasteiger partial charge in [0, 0.05) is 20.0 Å². The Balaban J connectivity index is 2.28. The van der Waals surface area contributed by atoms with E-state index in [2.05, 4.69) is 4.98 Å². The maximum atomic E-state index is 10.9. The highest BCUT2D eigenvalue weighted by atomic mass is 16.4. The average molecular weight is 210 g/mol. The smallest absolute Gasteiger partial charge is 0.360 e. The molecule has 1 saturated heterocycles. The number of carbonyl (C=O) groups is 1. The summed E-state index contributed by atoms with van der Waals surface area (Å²) in [6, 6.07) is 0. The Morgan fingerprint density at radius 1 is 1.40 bits per heavy atom. The van der Waals surface area contributed by atoms with Crippen LogP contribution in [-0.2, 0) is 0 Å². The molecule has 82 valence electrons. The molecule has 1 aromatic heterocycles. The monoisotopic (exact) mass is 210 g/mol. The largest absolute Gasteiger partial charge is 0.476 e. The molecular weight excluding hydrogens is 196 g/mol. The molecule has 1 aliphatic rings. The molecule has 5 heteroatoms. The van der Waals surface area contributed by atoms with Crippen LogP contribution in [0.2, 0.25) is 0 Å². The molecule has 0 unspecified atom stereocenters. The summed E-state index contributed by atoms with van der Waals surface area (Å²) in [6.07, 6.45) is 3.36. The van der Waals surface area contributed by atoms with Crippen LogP contribution < -0.4 is 4.90 Å². The number of aromatic carboxylic acids is 1. The summed E-state index contributed by atoms with van der Waals surface area (Å²) < 4.78 is 5.35. The number of piperidine rings is 1. The standard InChI is InChI=1S/C10H14N2O3/c1-7-11-8(10(13)14)9(15-7)12-5-3-2-4-6-12/h2-6H2,1H3,(H,13,14). The number of nitrogens with zero attached hydrogens (tertiary/aromatic N) is 2. The molecule has 1 fully saturated rings. The van der Waals surface area contributed by atoms with Crippen LogP contribution in [0.5, 0.6) is 0 Å².